The second kappa shape index (κ2) is 4.51. The average Bonchev–Trinajstić information content (AvgIpc) is 2.61. The summed E-state index contributed by atoms with van der Waals surface area (Å²) in [6.45, 7) is 5.34. The van der Waals surface area contributed by atoms with Gasteiger partial charge in [0.05, 0.1) is 12.1 Å². The van der Waals surface area contributed by atoms with Gasteiger partial charge in [-0.15, -0.1) is 0 Å². The molecule has 0 unspecified atom stereocenters. The first-order valence-corrected chi connectivity index (χ1v) is 6.75. The van der Waals surface area contributed by atoms with E-state index in [0.29, 0.717) is 5.82 Å². The number of nitrogens with one attached hydrogen (secondary N) is 1. The first kappa shape index (κ1) is 13.5. The highest BCUT2D eigenvalue weighted by molar-refractivity contribution is 6.06. The number of carbonyl (C=O) groups is 2. The minimum absolute atomic E-state index is 0.0831. The van der Waals surface area contributed by atoms with Crippen molar-refractivity contribution in [1.82, 2.24) is 20.2 Å². The third-order valence-corrected chi connectivity index (χ3v) is 3.58. The standard InChI is InChI=1S/C15H16N4O2/c1-9-10-6-4-5-7-11(10)17-12(16-9)8-19-13(20)15(2,3)18-14(19)21/h4-7H,8H2,1-3H3,(H,18,21). The summed E-state index contributed by atoms with van der Waals surface area (Å²) in [4.78, 5) is 34.1. The van der Waals surface area contributed by atoms with Gasteiger partial charge in [0.1, 0.15) is 11.4 Å². The van der Waals surface area contributed by atoms with Gasteiger partial charge < -0.3 is 5.32 Å². The highest BCUT2D eigenvalue weighted by Gasteiger charge is 2.44. The normalized spacial score (nSPS) is 17.4. The number of rotatable bonds is 2. The van der Waals surface area contributed by atoms with Crippen molar-refractivity contribution in [3.63, 3.8) is 0 Å². The highest BCUT2D eigenvalue weighted by atomic mass is 16.2. The Kier molecular flexibility index (Phi) is 2.90. The Balaban J connectivity index is 1.96. The van der Waals surface area contributed by atoms with Crippen molar-refractivity contribution in [2.75, 3.05) is 0 Å². The fraction of sp³-hybridized carbons (Fsp3) is 0.333. The molecule has 0 radical (unpaired) electrons. The number of imide groups is 1. The van der Waals surface area contributed by atoms with Crippen LogP contribution in [0.5, 0.6) is 0 Å². The van der Waals surface area contributed by atoms with Crippen molar-refractivity contribution in [3.8, 4) is 0 Å². The maximum absolute atomic E-state index is 12.2. The lowest BCUT2D eigenvalue weighted by Gasteiger charge is -2.15. The van der Waals surface area contributed by atoms with E-state index in [1.165, 1.54) is 0 Å². The van der Waals surface area contributed by atoms with Gasteiger partial charge >= 0.3 is 6.03 Å². The van der Waals surface area contributed by atoms with E-state index in [-0.39, 0.29) is 12.5 Å². The fourth-order valence-corrected chi connectivity index (χ4v) is 2.47. The Morgan fingerprint density at radius 2 is 1.90 bits per heavy atom. The van der Waals surface area contributed by atoms with Crippen molar-refractivity contribution < 1.29 is 9.59 Å². The SMILES string of the molecule is Cc1nc(CN2C(=O)NC(C)(C)C2=O)nc2ccccc12. The van der Waals surface area contributed by atoms with Crippen LogP contribution >= 0.6 is 0 Å². The Hall–Kier alpha value is -2.50. The van der Waals surface area contributed by atoms with E-state index < -0.39 is 11.6 Å². The Morgan fingerprint density at radius 3 is 2.57 bits per heavy atom. The van der Waals surface area contributed by atoms with Crippen LogP contribution in [0.15, 0.2) is 24.3 Å². The van der Waals surface area contributed by atoms with Gasteiger partial charge in [-0.2, -0.15) is 0 Å². The molecule has 21 heavy (non-hydrogen) atoms. The van der Waals surface area contributed by atoms with Crippen LogP contribution in [0.2, 0.25) is 0 Å². The van der Waals surface area contributed by atoms with Crippen LogP contribution in [0.25, 0.3) is 10.9 Å². The quantitative estimate of drug-likeness (QED) is 0.853. The zero-order chi connectivity index (χ0) is 15.2. The van der Waals surface area contributed by atoms with Gasteiger partial charge in [0.25, 0.3) is 5.91 Å². The molecular formula is C15H16N4O2. The molecule has 3 rings (SSSR count). The van der Waals surface area contributed by atoms with Crippen molar-refractivity contribution >= 4 is 22.8 Å². The molecule has 0 spiro atoms. The minimum Gasteiger partial charge on any atom is -0.324 e. The van der Waals surface area contributed by atoms with Crippen LogP contribution in [0.1, 0.15) is 25.4 Å². The van der Waals surface area contributed by atoms with E-state index in [1.807, 2.05) is 31.2 Å². The number of benzene rings is 1. The van der Waals surface area contributed by atoms with Gasteiger partial charge in [-0.3, -0.25) is 9.69 Å². The van der Waals surface area contributed by atoms with Crippen molar-refractivity contribution in [3.05, 3.63) is 35.8 Å². The number of aromatic nitrogens is 2. The summed E-state index contributed by atoms with van der Waals surface area (Å²) in [7, 11) is 0. The number of fused-ring (bicyclic) bond motifs is 1. The first-order valence-electron chi connectivity index (χ1n) is 6.75. The molecule has 108 valence electrons. The van der Waals surface area contributed by atoms with E-state index in [1.54, 1.807) is 13.8 Å². The molecule has 0 saturated carbocycles. The van der Waals surface area contributed by atoms with Crippen molar-refractivity contribution in [1.29, 1.82) is 0 Å². The summed E-state index contributed by atoms with van der Waals surface area (Å²) >= 11 is 0. The third-order valence-electron chi connectivity index (χ3n) is 3.58. The summed E-state index contributed by atoms with van der Waals surface area (Å²) < 4.78 is 0. The maximum Gasteiger partial charge on any atom is 0.325 e. The molecule has 2 heterocycles. The molecule has 1 fully saturated rings. The predicted molar refractivity (Wildman–Crippen MR) is 77.4 cm³/mol. The number of hydrogen-bond donors (Lipinski definition) is 1. The van der Waals surface area contributed by atoms with Crippen LogP contribution < -0.4 is 5.32 Å². The van der Waals surface area contributed by atoms with Crippen LogP contribution in [0.4, 0.5) is 4.79 Å². The smallest absolute Gasteiger partial charge is 0.324 e. The zero-order valence-electron chi connectivity index (χ0n) is 12.2. The molecule has 1 N–H and O–H groups in total. The number of nitrogens with zero attached hydrogens (tertiary/aromatic N) is 3. The summed E-state index contributed by atoms with van der Waals surface area (Å²) in [6.07, 6.45) is 0. The second-order valence-electron chi connectivity index (χ2n) is 5.69. The molecule has 0 aliphatic carbocycles. The number of aryl methyl sites for hydroxylation is 1. The lowest BCUT2D eigenvalue weighted by Crippen LogP contribution is -2.40. The van der Waals surface area contributed by atoms with Gasteiger partial charge in [0.2, 0.25) is 0 Å². The largest absolute Gasteiger partial charge is 0.325 e. The number of para-hydroxylation sites is 1. The van der Waals surface area contributed by atoms with Gasteiger partial charge in [-0.05, 0) is 26.8 Å². The number of amides is 3. The van der Waals surface area contributed by atoms with Crippen LogP contribution in [0.3, 0.4) is 0 Å². The monoisotopic (exact) mass is 284 g/mol. The molecule has 0 atom stereocenters. The van der Waals surface area contributed by atoms with Crippen LogP contribution in [0, 0.1) is 6.92 Å². The van der Waals surface area contributed by atoms with E-state index in [4.69, 9.17) is 0 Å². The molecule has 2 aromatic rings. The summed E-state index contributed by atoms with van der Waals surface area (Å²) in [5.74, 6) is 0.203. The Morgan fingerprint density at radius 1 is 1.19 bits per heavy atom. The summed E-state index contributed by atoms with van der Waals surface area (Å²) in [5, 5.41) is 3.62. The summed E-state index contributed by atoms with van der Waals surface area (Å²) in [6, 6.07) is 7.27. The molecule has 6 nitrogen and oxygen atoms in total. The molecule has 1 aromatic heterocycles. The number of carbonyl (C=O) groups excluding carboxylic acids is 2. The van der Waals surface area contributed by atoms with Gasteiger partial charge in [-0.1, -0.05) is 18.2 Å². The summed E-state index contributed by atoms with van der Waals surface area (Å²) in [5.41, 5.74) is 0.774. The van der Waals surface area contributed by atoms with E-state index in [2.05, 4.69) is 15.3 Å². The van der Waals surface area contributed by atoms with E-state index in [0.717, 1.165) is 21.5 Å². The third kappa shape index (κ3) is 2.22. The van der Waals surface area contributed by atoms with Crippen molar-refractivity contribution in [2.24, 2.45) is 0 Å². The number of hydrogen-bond acceptors (Lipinski definition) is 4. The molecule has 6 heteroatoms. The lowest BCUT2D eigenvalue weighted by atomic mass is 10.1. The Bertz CT molecular complexity index is 754. The highest BCUT2D eigenvalue weighted by Crippen LogP contribution is 2.20. The second-order valence-corrected chi connectivity index (χ2v) is 5.69. The average molecular weight is 284 g/mol. The van der Waals surface area contributed by atoms with Gasteiger partial charge in [-0.25, -0.2) is 14.8 Å². The molecular weight excluding hydrogens is 268 g/mol. The van der Waals surface area contributed by atoms with Gasteiger partial charge in [0.15, 0.2) is 0 Å². The van der Waals surface area contributed by atoms with E-state index in [9.17, 15) is 9.59 Å². The minimum atomic E-state index is -0.872. The fourth-order valence-electron chi connectivity index (χ4n) is 2.47. The maximum atomic E-state index is 12.2. The predicted octanol–water partition coefficient (Wildman–Crippen LogP) is 1.77. The van der Waals surface area contributed by atoms with E-state index >= 15 is 0 Å². The number of urea groups is 1. The Labute approximate surface area is 122 Å². The molecule has 1 aliphatic rings. The molecule has 1 aromatic carbocycles. The van der Waals surface area contributed by atoms with Gasteiger partial charge in [0, 0.05) is 11.1 Å². The van der Waals surface area contributed by atoms with Crippen LogP contribution in [-0.2, 0) is 11.3 Å². The van der Waals surface area contributed by atoms with Crippen LogP contribution in [-0.4, -0.2) is 32.3 Å². The topological polar surface area (TPSA) is 75.2 Å². The first-order chi connectivity index (χ1) is 9.88. The molecule has 1 aliphatic heterocycles. The zero-order valence-corrected chi connectivity index (χ0v) is 12.2. The molecule has 3 amide bonds. The lowest BCUT2D eigenvalue weighted by molar-refractivity contribution is -0.130. The van der Waals surface area contributed by atoms with Crippen molar-refractivity contribution in [2.45, 2.75) is 32.9 Å². The molecule has 0 bridgehead atoms. The molecule has 1 saturated heterocycles.